The fourth-order valence-electron chi connectivity index (χ4n) is 1.08. The molecule has 2 aromatic rings. The molecule has 2 rings (SSSR count). The van der Waals surface area contributed by atoms with Gasteiger partial charge in [-0.15, -0.1) is 0 Å². The Morgan fingerprint density at radius 1 is 1.20 bits per heavy atom. The van der Waals surface area contributed by atoms with E-state index in [9.17, 15) is 0 Å². The van der Waals surface area contributed by atoms with Crippen molar-refractivity contribution in [2.75, 3.05) is 0 Å². The molecule has 47 valence electrons. The van der Waals surface area contributed by atoms with Gasteiger partial charge >= 0.3 is 0 Å². The summed E-state index contributed by atoms with van der Waals surface area (Å²) in [6.45, 7) is 0. The lowest BCUT2D eigenvalue weighted by Crippen LogP contribution is -2.01. The lowest BCUT2D eigenvalue weighted by molar-refractivity contribution is 1.49. The molecule has 0 aliphatic carbocycles. The molecule has 1 aromatic heterocycles. The Bertz CT molecular complexity index is 351. The number of hydrogen-bond donors (Lipinski definition) is 1. The molecule has 1 aromatic carbocycles. The van der Waals surface area contributed by atoms with Crippen molar-refractivity contribution >= 4 is 26.3 Å². The number of H-pyrrole nitrogens is 1. The van der Waals surface area contributed by atoms with Crippen LogP contribution in [0.5, 0.6) is 0 Å². The Kier molecular flexibility index (Phi) is 1.14. The van der Waals surface area contributed by atoms with Crippen molar-refractivity contribution in [1.82, 2.24) is 4.98 Å². The van der Waals surface area contributed by atoms with Crippen LogP contribution in [0.3, 0.4) is 0 Å². The molecule has 1 nitrogen and oxygen atoms in total. The van der Waals surface area contributed by atoms with Gasteiger partial charge in [0, 0.05) is 11.7 Å². The Labute approximate surface area is 62.5 Å². The van der Waals surface area contributed by atoms with Crippen LogP contribution in [0, 0.1) is 0 Å². The molecular weight excluding hydrogens is 138 g/mol. The largest absolute Gasteiger partial charge is 0.361 e. The maximum atomic E-state index is 3.49. The normalized spacial score (nSPS) is 10.5. The van der Waals surface area contributed by atoms with Gasteiger partial charge in [0.05, 0.1) is 10.2 Å². The topological polar surface area (TPSA) is 15.8 Å². The van der Waals surface area contributed by atoms with Crippen molar-refractivity contribution in [1.29, 1.82) is 0 Å². The van der Waals surface area contributed by atoms with E-state index in [0.29, 0.717) is 0 Å². The van der Waals surface area contributed by atoms with Crippen molar-refractivity contribution < 1.29 is 0 Å². The molecule has 0 aliphatic heterocycles. The number of aromatic amines is 1. The van der Waals surface area contributed by atoms with E-state index in [0.717, 1.165) is 5.19 Å². The van der Waals surface area contributed by atoms with Crippen LogP contribution in [0.25, 0.3) is 10.9 Å². The lowest BCUT2D eigenvalue weighted by atomic mass is 10.2. The van der Waals surface area contributed by atoms with Gasteiger partial charge in [0.1, 0.15) is 0 Å². The summed E-state index contributed by atoms with van der Waals surface area (Å²) in [5.41, 5.74) is 1.17. The van der Waals surface area contributed by atoms with Crippen molar-refractivity contribution in [3.63, 3.8) is 0 Å². The van der Waals surface area contributed by atoms with Crippen LogP contribution in [-0.4, -0.2) is 15.2 Å². The summed E-state index contributed by atoms with van der Waals surface area (Å²) in [5.74, 6) is 0. The first-order valence-corrected chi connectivity index (χ1v) is 3.65. The highest BCUT2D eigenvalue weighted by atomic mass is 28.1. The van der Waals surface area contributed by atoms with Crippen molar-refractivity contribution in [2.45, 2.75) is 0 Å². The molecule has 1 heterocycles. The highest BCUT2D eigenvalue weighted by molar-refractivity contribution is 6.38. The second-order valence-electron chi connectivity index (χ2n) is 2.25. The summed E-state index contributed by atoms with van der Waals surface area (Å²) >= 11 is 0. The number of hydrogen-bond acceptors (Lipinski definition) is 0. The molecule has 10 heavy (non-hydrogen) atoms. The minimum absolute atomic E-state index is 1.11. The Morgan fingerprint density at radius 2 is 2.10 bits per heavy atom. The summed E-state index contributed by atoms with van der Waals surface area (Å²) in [6.07, 6.45) is 1.94. The summed E-state index contributed by atoms with van der Waals surface area (Å²) in [7, 11) is 3.49. The molecule has 0 saturated carbocycles. The van der Waals surface area contributed by atoms with Gasteiger partial charge in [-0.05, 0) is 16.6 Å². The molecule has 1 N–H and O–H groups in total. The fourth-order valence-corrected chi connectivity index (χ4v) is 1.40. The van der Waals surface area contributed by atoms with Crippen LogP contribution in [0.15, 0.2) is 30.5 Å². The molecule has 0 spiro atoms. The Balaban J connectivity index is 2.95. The molecule has 2 heteroatoms. The van der Waals surface area contributed by atoms with Gasteiger partial charge in [-0.2, -0.15) is 0 Å². The number of fused-ring (bicyclic) bond motifs is 1. The van der Waals surface area contributed by atoms with Gasteiger partial charge in [0.25, 0.3) is 0 Å². The predicted octanol–water partition coefficient (Wildman–Crippen LogP) is 0.962. The first-order chi connectivity index (χ1) is 4.88. The number of para-hydroxylation sites is 1. The smallest absolute Gasteiger partial charge is 0.0741 e. The third-order valence-corrected chi connectivity index (χ3v) is 2.00. The molecule has 3 radical (unpaired) electrons. The van der Waals surface area contributed by atoms with Gasteiger partial charge < -0.3 is 4.98 Å². The maximum Gasteiger partial charge on any atom is 0.0741 e. The second kappa shape index (κ2) is 1.99. The van der Waals surface area contributed by atoms with Gasteiger partial charge in [-0.1, -0.05) is 18.2 Å². The van der Waals surface area contributed by atoms with Gasteiger partial charge in [-0.25, -0.2) is 0 Å². The van der Waals surface area contributed by atoms with Crippen molar-refractivity contribution in [2.24, 2.45) is 0 Å². The Hall–Kier alpha value is -1.02. The third-order valence-electron chi connectivity index (χ3n) is 1.59. The number of aromatic nitrogens is 1. The molecule has 0 unspecified atom stereocenters. The van der Waals surface area contributed by atoms with Crippen LogP contribution < -0.4 is 5.19 Å². The van der Waals surface area contributed by atoms with E-state index in [4.69, 9.17) is 0 Å². The Morgan fingerprint density at radius 3 is 2.90 bits per heavy atom. The maximum absolute atomic E-state index is 3.49. The van der Waals surface area contributed by atoms with E-state index in [2.05, 4.69) is 27.4 Å². The molecule has 0 amide bonds. The predicted molar refractivity (Wildman–Crippen MR) is 43.7 cm³/mol. The minimum atomic E-state index is 1.11. The van der Waals surface area contributed by atoms with E-state index in [-0.39, 0.29) is 0 Å². The lowest BCUT2D eigenvalue weighted by Gasteiger charge is -1.92. The summed E-state index contributed by atoms with van der Waals surface area (Å²) in [5, 5.41) is 2.36. The standard InChI is InChI=1S/C8H6NSi/c10-7-3-1-2-6-4-5-9-8(6)7/h1-5,9H. The van der Waals surface area contributed by atoms with Crippen LogP contribution >= 0.6 is 0 Å². The molecule has 0 bridgehead atoms. The van der Waals surface area contributed by atoms with E-state index in [1.165, 1.54) is 10.9 Å². The second-order valence-corrected chi connectivity index (χ2v) is 2.79. The van der Waals surface area contributed by atoms with Gasteiger partial charge in [0.2, 0.25) is 0 Å². The fraction of sp³-hybridized carbons (Fsp3) is 0. The van der Waals surface area contributed by atoms with Crippen molar-refractivity contribution in [3.8, 4) is 0 Å². The minimum Gasteiger partial charge on any atom is -0.361 e. The first kappa shape index (κ1) is 5.74. The first-order valence-electron chi connectivity index (χ1n) is 3.15. The summed E-state index contributed by atoms with van der Waals surface area (Å²) < 4.78 is 0. The number of rotatable bonds is 0. The SMILES string of the molecule is [Si]c1cccc2cc[nH]c12. The molecular formula is C8H6NSi. The molecule has 0 saturated heterocycles. The summed E-state index contributed by atoms with van der Waals surface area (Å²) in [6, 6.07) is 8.18. The highest BCUT2D eigenvalue weighted by Crippen LogP contribution is 2.06. The number of benzene rings is 1. The van der Waals surface area contributed by atoms with Crippen LogP contribution in [0.2, 0.25) is 0 Å². The van der Waals surface area contributed by atoms with E-state index in [1.807, 2.05) is 18.3 Å². The average molecular weight is 144 g/mol. The number of nitrogens with one attached hydrogen (secondary N) is 1. The van der Waals surface area contributed by atoms with E-state index >= 15 is 0 Å². The summed E-state index contributed by atoms with van der Waals surface area (Å²) in [4.78, 5) is 3.14. The highest BCUT2D eigenvalue weighted by Gasteiger charge is 1.93. The zero-order valence-electron chi connectivity index (χ0n) is 5.39. The average Bonchev–Trinajstić information content (AvgIpc) is 2.36. The van der Waals surface area contributed by atoms with Crippen molar-refractivity contribution in [3.05, 3.63) is 30.5 Å². The zero-order valence-corrected chi connectivity index (χ0v) is 6.39. The molecule has 0 atom stereocenters. The van der Waals surface area contributed by atoms with Gasteiger partial charge in [0.15, 0.2) is 0 Å². The molecule has 0 aliphatic rings. The molecule has 0 fully saturated rings. The van der Waals surface area contributed by atoms with E-state index in [1.54, 1.807) is 0 Å². The quantitative estimate of drug-likeness (QED) is 0.530. The van der Waals surface area contributed by atoms with Crippen LogP contribution in [0.1, 0.15) is 0 Å². The van der Waals surface area contributed by atoms with Crippen LogP contribution in [-0.2, 0) is 0 Å². The van der Waals surface area contributed by atoms with Gasteiger partial charge in [-0.3, -0.25) is 0 Å². The third kappa shape index (κ3) is 0.692. The van der Waals surface area contributed by atoms with Crippen LogP contribution in [0.4, 0.5) is 0 Å². The van der Waals surface area contributed by atoms with E-state index < -0.39 is 0 Å². The monoisotopic (exact) mass is 144 g/mol. The zero-order chi connectivity index (χ0) is 6.97.